The lowest BCUT2D eigenvalue weighted by Gasteiger charge is -2.21. The van der Waals surface area contributed by atoms with Gasteiger partial charge in [0, 0.05) is 24.4 Å². The molecule has 11 heteroatoms. The molecule has 1 rings (SSSR count). The first kappa shape index (κ1) is 27.8. The van der Waals surface area contributed by atoms with Crippen LogP contribution in [0.5, 0.6) is 0 Å². The summed E-state index contributed by atoms with van der Waals surface area (Å²) in [6.07, 6.45) is 0. The number of esters is 1. The van der Waals surface area contributed by atoms with E-state index in [2.05, 4.69) is 5.32 Å². The minimum atomic E-state index is -3.77. The number of carbonyl (C=O) groups excluding carboxylic acids is 3. The van der Waals surface area contributed by atoms with Gasteiger partial charge in [-0.2, -0.15) is 9.57 Å². The smallest absolute Gasteiger partial charge is 0.329 e. The van der Waals surface area contributed by atoms with Crippen molar-refractivity contribution in [2.24, 2.45) is 11.7 Å². The molecule has 33 heavy (non-hydrogen) atoms. The first-order valence-corrected chi connectivity index (χ1v) is 11.8. The second-order valence-electron chi connectivity index (χ2n) is 7.51. The zero-order chi connectivity index (χ0) is 25.3. The van der Waals surface area contributed by atoms with Gasteiger partial charge in [0.2, 0.25) is 15.8 Å². The molecule has 1 unspecified atom stereocenters. The number of ketones is 1. The van der Waals surface area contributed by atoms with Gasteiger partial charge in [-0.1, -0.05) is 33.8 Å². The summed E-state index contributed by atoms with van der Waals surface area (Å²) >= 11 is 0. The molecule has 0 spiro atoms. The maximum atomic E-state index is 12.8. The number of rotatable bonds is 11. The number of sulfonamides is 1. The number of nitrogens with one attached hydrogen (secondary N) is 1. The van der Waals surface area contributed by atoms with Crippen molar-refractivity contribution in [1.82, 2.24) is 9.62 Å². The molecule has 0 saturated heterocycles. The van der Waals surface area contributed by atoms with Crippen molar-refractivity contribution in [2.75, 3.05) is 19.7 Å². The molecule has 0 bridgehead atoms. The maximum absolute atomic E-state index is 12.8. The van der Waals surface area contributed by atoms with E-state index in [9.17, 15) is 22.8 Å². The molecule has 180 valence electrons. The van der Waals surface area contributed by atoms with E-state index < -0.39 is 46.2 Å². The van der Waals surface area contributed by atoms with Gasteiger partial charge in [-0.15, -0.1) is 0 Å². The fraction of sp³-hybridized carbons (Fsp3) is 0.455. The van der Waals surface area contributed by atoms with Gasteiger partial charge in [0.1, 0.15) is 17.7 Å². The quantitative estimate of drug-likeness (QED) is 0.274. The predicted molar refractivity (Wildman–Crippen MR) is 121 cm³/mol. The van der Waals surface area contributed by atoms with E-state index in [-0.39, 0.29) is 34.8 Å². The number of hydrogen-bond donors (Lipinski definition) is 2. The second-order valence-corrected chi connectivity index (χ2v) is 9.45. The number of benzene rings is 1. The molecule has 1 amide bonds. The Kier molecular flexibility index (Phi) is 10.2. The van der Waals surface area contributed by atoms with Gasteiger partial charge in [0.25, 0.3) is 5.91 Å². The summed E-state index contributed by atoms with van der Waals surface area (Å²) < 4.78 is 31.7. The van der Waals surface area contributed by atoms with Crippen LogP contribution in [0.2, 0.25) is 0 Å². The lowest BCUT2D eigenvalue weighted by molar-refractivity contribution is -0.150. The van der Waals surface area contributed by atoms with Crippen LogP contribution in [0.25, 0.3) is 0 Å². The Hall–Kier alpha value is -3.23. The predicted octanol–water partition coefficient (Wildman–Crippen LogP) is 1.34. The molecule has 0 fully saturated rings. The SMILES string of the molecule is CCN(CC)S(=O)(=O)c1cccc(C(=O)NC(C(=O)OCC(=O)/C(C#N)=C(\C)N)C(C)C)c1. The number of allylic oxidation sites excluding steroid dienone is 1. The first-order chi connectivity index (χ1) is 15.4. The third-order valence-corrected chi connectivity index (χ3v) is 6.82. The molecule has 0 aromatic heterocycles. The minimum Gasteiger partial charge on any atom is -0.456 e. The van der Waals surface area contributed by atoms with Crippen LogP contribution in [0.3, 0.4) is 0 Å². The van der Waals surface area contributed by atoms with Crippen molar-refractivity contribution in [2.45, 2.75) is 45.6 Å². The molecule has 0 saturated carbocycles. The van der Waals surface area contributed by atoms with E-state index >= 15 is 0 Å². The van der Waals surface area contributed by atoms with Crippen LogP contribution in [0.15, 0.2) is 40.4 Å². The van der Waals surface area contributed by atoms with E-state index in [1.165, 1.54) is 35.5 Å². The summed E-state index contributed by atoms with van der Waals surface area (Å²) in [4.78, 5) is 37.2. The third kappa shape index (κ3) is 7.13. The largest absolute Gasteiger partial charge is 0.456 e. The number of nitriles is 1. The van der Waals surface area contributed by atoms with E-state index in [1.807, 2.05) is 0 Å². The van der Waals surface area contributed by atoms with Crippen molar-refractivity contribution < 1.29 is 27.5 Å². The number of ether oxygens (including phenoxy) is 1. The molecule has 1 atom stereocenters. The average molecular weight is 479 g/mol. The van der Waals surface area contributed by atoms with Crippen LogP contribution in [0, 0.1) is 17.2 Å². The fourth-order valence-corrected chi connectivity index (χ4v) is 4.41. The molecule has 1 aromatic carbocycles. The van der Waals surface area contributed by atoms with Gasteiger partial charge in [-0.3, -0.25) is 9.59 Å². The van der Waals surface area contributed by atoms with E-state index in [0.29, 0.717) is 0 Å². The van der Waals surface area contributed by atoms with Crippen LogP contribution >= 0.6 is 0 Å². The Bertz CT molecular complexity index is 1060. The summed E-state index contributed by atoms with van der Waals surface area (Å²) in [7, 11) is -3.77. The third-order valence-electron chi connectivity index (χ3n) is 4.78. The van der Waals surface area contributed by atoms with E-state index in [1.54, 1.807) is 33.8 Å². The molecule has 0 heterocycles. The standard InChI is InChI=1S/C22H30N4O6S/c1-6-26(7-2)33(30,31)17-10-8-9-16(11-17)21(28)25-20(14(3)4)22(29)32-13-19(27)18(12-23)15(5)24/h8-11,14,20H,6-7,13,24H2,1-5H3,(H,25,28)/b18-15+. The van der Waals surface area contributed by atoms with Crippen molar-refractivity contribution in [1.29, 1.82) is 5.26 Å². The molecular weight excluding hydrogens is 448 g/mol. The molecule has 0 aliphatic rings. The molecule has 0 radical (unpaired) electrons. The average Bonchev–Trinajstić information content (AvgIpc) is 2.76. The molecular formula is C22H30N4O6S. The van der Waals surface area contributed by atoms with E-state index in [4.69, 9.17) is 15.7 Å². The summed E-state index contributed by atoms with van der Waals surface area (Å²) in [5, 5.41) is 11.5. The summed E-state index contributed by atoms with van der Waals surface area (Å²) in [5.41, 5.74) is 5.21. The summed E-state index contributed by atoms with van der Waals surface area (Å²) in [5.74, 6) is -2.70. The number of hydrogen-bond acceptors (Lipinski definition) is 8. The number of carbonyl (C=O) groups is 3. The van der Waals surface area contributed by atoms with Gasteiger partial charge in [-0.05, 0) is 31.0 Å². The van der Waals surface area contributed by atoms with Crippen LogP contribution < -0.4 is 11.1 Å². The number of amides is 1. The van der Waals surface area contributed by atoms with E-state index in [0.717, 1.165) is 0 Å². The maximum Gasteiger partial charge on any atom is 0.329 e. The molecule has 0 aliphatic heterocycles. The first-order valence-electron chi connectivity index (χ1n) is 10.4. The van der Waals surface area contributed by atoms with Gasteiger partial charge in [0.15, 0.2) is 6.61 Å². The Balaban J connectivity index is 3.03. The van der Waals surface area contributed by atoms with Crippen LogP contribution in [-0.2, 0) is 24.3 Å². The van der Waals surface area contributed by atoms with Gasteiger partial charge in [-0.25, -0.2) is 13.2 Å². The van der Waals surface area contributed by atoms with Crippen molar-refractivity contribution in [3.05, 3.63) is 41.1 Å². The Morgan fingerprint density at radius 1 is 1.21 bits per heavy atom. The second kappa shape index (κ2) is 12.1. The highest BCUT2D eigenvalue weighted by Gasteiger charge is 2.28. The Morgan fingerprint density at radius 2 is 1.82 bits per heavy atom. The molecule has 10 nitrogen and oxygen atoms in total. The molecule has 1 aromatic rings. The highest BCUT2D eigenvalue weighted by Crippen LogP contribution is 2.17. The Labute approximate surface area is 194 Å². The highest BCUT2D eigenvalue weighted by molar-refractivity contribution is 7.89. The topological polar surface area (TPSA) is 160 Å². The van der Waals surface area contributed by atoms with Crippen molar-refractivity contribution >= 4 is 27.7 Å². The highest BCUT2D eigenvalue weighted by atomic mass is 32.2. The molecule has 0 aliphatic carbocycles. The van der Waals surface area contributed by atoms with Crippen molar-refractivity contribution in [3.8, 4) is 6.07 Å². The normalized spacial score (nSPS) is 13.2. The fourth-order valence-electron chi connectivity index (χ4n) is 2.90. The van der Waals surface area contributed by atoms with Crippen LogP contribution in [-0.4, -0.2) is 56.1 Å². The van der Waals surface area contributed by atoms with Gasteiger partial charge >= 0.3 is 5.97 Å². The lowest BCUT2D eigenvalue weighted by Crippen LogP contribution is -2.45. The van der Waals surface area contributed by atoms with Gasteiger partial charge in [0.05, 0.1) is 4.90 Å². The molecule has 3 N–H and O–H groups in total. The Morgan fingerprint density at radius 3 is 2.30 bits per heavy atom. The number of Topliss-reactive ketones (excluding diaryl/α,β-unsaturated/α-hetero) is 1. The minimum absolute atomic E-state index is 0.00630. The van der Waals surface area contributed by atoms with Crippen molar-refractivity contribution in [3.63, 3.8) is 0 Å². The zero-order valence-corrected chi connectivity index (χ0v) is 20.2. The number of nitrogens with two attached hydrogens (primary N) is 1. The van der Waals surface area contributed by atoms with Crippen LogP contribution in [0.1, 0.15) is 45.0 Å². The zero-order valence-electron chi connectivity index (χ0n) is 19.4. The van der Waals surface area contributed by atoms with Gasteiger partial charge < -0.3 is 15.8 Å². The summed E-state index contributed by atoms with van der Waals surface area (Å²) in [6.45, 7) is 8.00. The number of nitrogens with zero attached hydrogens (tertiary/aromatic N) is 2. The lowest BCUT2D eigenvalue weighted by atomic mass is 10.0. The monoisotopic (exact) mass is 478 g/mol. The summed E-state index contributed by atoms with van der Waals surface area (Å²) in [6, 6.07) is 6.05. The van der Waals surface area contributed by atoms with Crippen LogP contribution in [0.4, 0.5) is 0 Å².